The first kappa shape index (κ1) is 40.8. The summed E-state index contributed by atoms with van der Waals surface area (Å²) in [5, 5.41) is 5.27. The summed E-state index contributed by atoms with van der Waals surface area (Å²) < 4.78 is 66.0. The van der Waals surface area contributed by atoms with Gasteiger partial charge in [0.15, 0.2) is 0 Å². The fraction of sp³-hybridized carbons (Fsp3) is 0.594. The predicted molar refractivity (Wildman–Crippen MR) is 185 cm³/mol. The van der Waals surface area contributed by atoms with Crippen molar-refractivity contribution in [3.05, 3.63) is 28.6 Å². The highest BCUT2D eigenvalue weighted by Crippen LogP contribution is 2.42. The molecule has 13 nitrogen and oxygen atoms in total. The Hall–Kier alpha value is -3.64. The van der Waals surface area contributed by atoms with Gasteiger partial charge in [0, 0.05) is 25.9 Å². The molecule has 1 aliphatic heterocycles. The van der Waals surface area contributed by atoms with Gasteiger partial charge in [-0.2, -0.15) is 13.2 Å². The van der Waals surface area contributed by atoms with Gasteiger partial charge in [-0.05, 0) is 73.8 Å². The van der Waals surface area contributed by atoms with Gasteiger partial charge in [-0.1, -0.05) is 32.5 Å². The first-order valence-electron chi connectivity index (χ1n) is 16.0. The number of ether oxygens (including phenoxy) is 4. The molecule has 1 aromatic carbocycles. The average molecular weight is 793 g/mol. The molecular formula is C32H45BrF3N5O8Si. The van der Waals surface area contributed by atoms with Gasteiger partial charge in [0.1, 0.15) is 34.5 Å². The molecule has 1 aromatic heterocycles. The Morgan fingerprint density at radius 3 is 2.26 bits per heavy atom. The predicted octanol–water partition coefficient (Wildman–Crippen LogP) is 7.38. The molecule has 2 heterocycles. The zero-order valence-electron chi connectivity index (χ0n) is 29.5. The molecule has 0 fully saturated rings. The number of benzene rings is 1. The number of alkyl carbamates (subject to hydrolysis) is 1. The van der Waals surface area contributed by atoms with Crippen LogP contribution in [0.3, 0.4) is 0 Å². The topological polar surface area (TPSA) is 150 Å². The molecule has 0 radical (unpaired) electrons. The number of halogens is 4. The molecule has 18 heteroatoms. The van der Waals surface area contributed by atoms with Crippen molar-refractivity contribution in [1.82, 2.24) is 14.9 Å². The fourth-order valence-electron chi connectivity index (χ4n) is 5.17. The van der Waals surface area contributed by atoms with Crippen LogP contribution in [0.1, 0.15) is 58.3 Å². The third-order valence-electron chi connectivity index (χ3n) is 7.57. The molecule has 50 heavy (non-hydrogen) atoms. The molecule has 2 N–H and O–H groups in total. The number of hydrogen-bond donors (Lipinski definition) is 2. The van der Waals surface area contributed by atoms with Gasteiger partial charge >= 0.3 is 30.2 Å². The van der Waals surface area contributed by atoms with E-state index in [1.807, 2.05) is 0 Å². The maximum absolute atomic E-state index is 14.3. The Morgan fingerprint density at radius 2 is 1.68 bits per heavy atom. The highest BCUT2D eigenvalue weighted by atomic mass is 79.9. The van der Waals surface area contributed by atoms with E-state index in [9.17, 15) is 32.3 Å². The Morgan fingerprint density at radius 1 is 1.02 bits per heavy atom. The van der Waals surface area contributed by atoms with E-state index in [0.717, 1.165) is 26.3 Å². The van der Waals surface area contributed by atoms with Gasteiger partial charge in [-0.3, -0.25) is 19.6 Å². The maximum Gasteiger partial charge on any atom is 0.471 e. The number of rotatable bonds is 8. The van der Waals surface area contributed by atoms with Crippen LogP contribution in [0.25, 0.3) is 11.3 Å². The van der Waals surface area contributed by atoms with Gasteiger partial charge in [0.05, 0.1) is 25.9 Å². The summed E-state index contributed by atoms with van der Waals surface area (Å²) in [5.41, 5.74) is -1.15. The number of fused-ring (bicyclic) bond motifs is 4. The van der Waals surface area contributed by atoms with Crippen LogP contribution in [0.2, 0.25) is 25.7 Å². The minimum Gasteiger partial charge on any atom is -0.467 e. The number of aromatic nitrogens is 2. The standard InChI is InChI=1S/C32H45BrF3N5O8Si/c1-31(2,3)49-30(45)38-21-11-9-10-12-22(27(42)46-4)41(28(43)32(34,35)36)23-17-19(37-29(44)47-5)13-14-20(23)24-25(33)40(26(21)39-24)18-48-15-16-50(6,7)8/h13-14,17,21-22H,9-12,15-16,18H2,1-8H3,(H,37,44)(H,38,45)/t21-,22+/m0/s1. The number of carbonyl (C=O) groups excluding carboxylic acids is 4. The molecule has 278 valence electrons. The van der Waals surface area contributed by atoms with Crippen LogP contribution < -0.4 is 15.5 Å². The first-order chi connectivity index (χ1) is 23.2. The lowest BCUT2D eigenvalue weighted by atomic mass is 10.00. The highest BCUT2D eigenvalue weighted by molar-refractivity contribution is 9.10. The van der Waals surface area contributed by atoms with E-state index in [-0.39, 0.29) is 59.6 Å². The maximum atomic E-state index is 14.3. The van der Waals surface area contributed by atoms with Crippen molar-refractivity contribution in [2.24, 2.45) is 0 Å². The summed E-state index contributed by atoms with van der Waals surface area (Å²) in [7, 11) is 0.644. The van der Waals surface area contributed by atoms with Crippen molar-refractivity contribution in [2.45, 2.75) is 103 Å². The number of carbonyl (C=O) groups is 4. The number of hydrogen-bond acceptors (Lipinski definition) is 9. The van der Waals surface area contributed by atoms with Gasteiger partial charge < -0.3 is 24.3 Å². The zero-order valence-corrected chi connectivity index (χ0v) is 32.0. The fourth-order valence-corrected chi connectivity index (χ4v) is 6.51. The van der Waals surface area contributed by atoms with Crippen LogP contribution in [0.5, 0.6) is 0 Å². The smallest absolute Gasteiger partial charge is 0.467 e. The van der Waals surface area contributed by atoms with Gasteiger partial charge in [0.25, 0.3) is 0 Å². The molecule has 0 saturated heterocycles. The van der Waals surface area contributed by atoms with Crippen molar-refractivity contribution < 1.29 is 51.3 Å². The number of anilines is 2. The number of nitrogens with one attached hydrogen (secondary N) is 2. The SMILES string of the molecule is COC(=O)Nc1ccc2c(c1)N(C(=O)C(F)(F)F)[C@@H](C(=O)OC)CCCC[C@H](NC(=O)OC(C)(C)C)c1nc-2c(Br)n1COCC[Si](C)(C)C. The summed E-state index contributed by atoms with van der Waals surface area (Å²) in [4.78, 5) is 56.7. The quantitative estimate of drug-likeness (QED) is 0.121. The molecule has 2 atom stereocenters. The van der Waals surface area contributed by atoms with Gasteiger partial charge in [-0.15, -0.1) is 0 Å². The summed E-state index contributed by atoms with van der Waals surface area (Å²) in [5.74, 6) is -3.09. The van der Waals surface area contributed by atoms with Crippen molar-refractivity contribution in [2.75, 3.05) is 31.0 Å². The van der Waals surface area contributed by atoms with Crippen molar-refractivity contribution in [3.63, 3.8) is 0 Å². The normalized spacial score (nSPS) is 17.1. The molecular weight excluding hydrogens is 747 g/mol. The third-order valence-corrected chi connectivity index (χ3v) is 10.1. The largest absolute Gasteiger partial charge is 0.471 e. The number of esters is 1. The second-order valence-electron chi connectivity index (χ2n) is 13.9. The Labute approximate surface area is 298 Å². The molecule has 0 saturated carbocycles. The van der Waals surface area contributed by atoms with E-state index in [1.54, 1.807) is 25.3 Å². The lowest BCUT2D eigenvalue weighted by Crippen LogP contribution is -2.51. The summed E-state index contributed by atoms with van der Waals surface area (Å²) in [6.45, 7) is 12.1. The van der Waals surface area contributed by atoms with E-state index in [1.165, 1.54) is 12.1 Å². The third kappa shape index (κ3) is 10.9. The van der Waals surface area contributed by atoms with Crippen molar-refractivity contribution in [1.29, 1.82) is 0 Å². The highest BCUT2D eigenvalue weighted by Gasteiger charge is 2.48. The van der Waals surface area contributed by atoms with Crippen LogP contribution in [0, 0.1) is 0 Å². The molecule has 2 aromatic rings. The second kappa shape index (κ2) is 16.6. The van der Waals surface area contributed by atoms with Gasteiger partial charge in [0.2, 0.25) is 0 Å². The Bertz CT molecular complexity index is 1560. The van der Waals surface area contributed by atoms with Crippen LogP contribution >= 0.6 is 15.9 Å². The molecule has 0 unspecified atom stereocenters. The van der Waals surface area contributed by atoms with Crippen molar-refractivity contribution in [3.8, 4) is 11.3 Å². The zero-order chi connectivity index (χ0) is 37.6. The number of methoxy groups -OCH3 is 2. The van der Waals surface area contributed by atoms with E-state index >= 15 is 0 Å². The lowest BCUT2D eigenvalue weighted by molar-refractivity contribution is -0.172. The molecule has 0 spiro atoms. The minimum absolute atomic E-state index is 0.00233. The Kier molecular flexibility index (Phi) is 13.5. The molecule has 0 aliphatic carbocycles. The summed E-state index contributed by atoms with van der Waals surface area (Å²) >= 11 is 3.57. The van der Waals surface area contributed by atoms with Crippen LogP contribution in [-0.2, 0) is 35.3 Å². The number of imidazole rings is 1. The summed E-state index contributed by atoms with van der Waals surface area (Å²) in [6, 6.07) is 2.25. The monoisotopic (exact) mass is 791 g/mol. The molecule has 1 aliphatic rings. The first-order valence-corrected chi connectivity index (χ1v) is 20.5. The van der Waals surface area contributed by atoms with Crippen LogP contribution in [-0.4, -0.2) is 80.3 Å². The van der Waals surface area contributed by atoms with E-state index in [4.69, 9.17) is 19.2 Å². The second-order valence-corrected chi connectivity index (χ2v) is 20.3. The number of nitrogens with zero attached hydrogens (tertiary/aromatic N) is 3. The number of amides is 3. The molecule has 2 bridgehead atoms. The van der Waals surface area contributed by atoms with Crippen LogP contribution in [0.15, 0.2) is 22.8 Å². The molecule has 3 rings (SSSR count). The molecule has 3 amide bonds. The summed E-state index contributed by atoms with van der Waals surface area (Å²) in [6.07, 6.45) is -6.59. The van der Waals surface area contributed by atoms with Gasteiger partial charge in [-0.25, -0.2) is 19.4 Å². The van der Waals surface area contributed by atoms with E-state index in [2.05, 4.69) is 50.9 Å². The Balaban J connectivity index is 2.36. The van der Waals surface area contributed by atoms with E-state index < -0.39 is 56.0 Å². The average Bonchev–Trinajstić information content (AvgIpc) is 3.32. The van der Waals surface area contributed by atoms with E-state index in [0.29, 0.717) is 17.3 Å². The van der Waals surface area contributed by atoms with Crippen molar-refractivity contribution >= 4 is 59.4 Å². The minimum atomic E-state index is -5.40. The number of alkyl halides is 3. The van der Waals surface area contributed by atoms with Crippen LogP contribution in [0.4, 0.5) is 34.1 Å². The lowest BCUT2D eigenvalue weighted by Gasteiger charge is -2.32.